The van der Waals surface area contributed by atoms with Crippen molar-refractivity contribution in [2.24, 2.45) is 7.05 Å². The first kappa shape index (κ1) is 19.2. The minimum atomic E-state index is 1.03. The van der Waals surface area contributed by atoms with Crippen molar-refractivity contribution in [3.63, 3.8) is 0 Å². The number of likely N-dealkylation sites (N-methyl/N-ethyl adjacent to an activating group) is 2. The van der Waals surface area contributed by atoms with E-state index in [1.807, 2.05) is 14.1 Å². The van der Waals surface area contributed by atoms with Crippen LogP contribution in [0.15, 0.2) is 60.9 Å². The average Bonchev–Trinajstić information content (AvgIpc) is 3.27. The number of H-pyrrole nitrogens is 1. The van der Waals surface area contributed by atoms with E-state index in [0.29, 0.717) is 0 Å². The molecule has 4 nitrogen and oxygen atoms in total. The summed E-state index contributed by atoms with van der Waals surface area (Å²) in [5, 5.41) is 9.06. The van der Waals surface area contributed by atoms with Crippen LogP contribution >= 0.6 is 0 Å². The van der Waals surface area contributed by atoms with Crippen LogP contribution in [-0.4, -0.2) is 36.7 Å². The predicted octanol–water partition coefficient (Wildman–Crippen LogP) is 3.87. The first-order chi connectivity index (χ1) is 13.2. The highest BCUT2D eigenvalue weighted by molar-refractivity contribution is 5.84. The lowest BCUT2D eigenvalue weighted by Gasteiger charge is -1.97. The molecule has 0 saturated carbocycles. The van der Waals surface area contributed by atoms with E-state index in [1.54, 1.807) is 0 Å². The molecule has 0 bridgehead atoms. The topological polar surface area (TPSA) is 44.8 Å². The van der Waals surface area contributed by atoms with E-state index in [9.17, 15) is 0 Å². The molecule has 0 atom stereocenters. The summed E-state index contributed by atoms with van der Waals surface area (Å²) in [6.45, 7) is 2.07. The Morgan fingerprint density at radius 3 is 2.19 bits per heavy atom. The van der Waals surface area contributed by atoms with Crippen LogP contribution in [0.25, 0.3) is 21.8 Å². The Bertz CT molecular complexity index is 980. The highest BCUT2D eigenvalue weighted by atomic mass is 14.9. The van der Waals surface area contributed by atoms with Gasteiger partial charge in [0.25, 0.3) is 0 Å². The number of hydrogen-bond acceptors (Lipinski definition) is 2. The van der Waals surface area contributed by atoms with Gasteiger partial charge in [0, 0.05) is 41.2 Å². The van der Waals surface area contributed by atoms with Gasteiger partial charge in [0.2, 0.25) is 0 Å². The molecule has 0 spiro atoms. The minimum Gasteiger partial charge on any atom is -0.361 e. The van der Waals surface area contributed by atoms with Gasteiger partial charge in [-0.3, -0.25) is 0 Å². The third kappa shape index (κ3) is 4.59. The van der Waals surface area contributed by atoms with Crippen molar-refractivity contribution in [1.82, 2.24) is 20.2 Å². The van der Waals surface area contributed by atoms with E-state index in [4.69, 9.17) is 0 Å². The number of nitrogens with one attached hydrogen (secondary N) is 3. The van der Waals surface area contributed by atoms with Crippen LogP contribution in [0.1, 0.15) is 11.1 Å². The van der Waals surface area contributed by atoms with Crippen molar-refractivity contribution in [2.45, 2.75) is 12.8 Å². The number of nitrogens with zero attached hydrogens (tertiary/aromatic N) is 1. The Morgan fingerprint density at radius 1 is 0.815 bits per heavy atom. The molecule has 4 heteroatoms. The lowest BCUT2D eigenvalue weighted by atomic mass is 10.1. The summed E-state index contributed by atoms with van der Waals surface area (Å²) < 4.78 is 2.19. The number of fused-ring (bicyclic) bond motifs is 2. The fourth-order valence-corrected chi connectivity index (χ4v) is 3.48. The van der Waals surface area contributed by atoms with Gasteiger partial charge in [0.1, 0.15) is 0 Å². The molecule has 0 aliphatic heterocycles. The zero-order valence-corrected chi connectivity index (χ0v) is 16.5. The van der Waals surface area contributed by atoms with Gasteiger partial charge in [-0.15, -0.1) is 0 Å². The Kier molecular flexibility index (Phi) is 6.69. The Morgan fingerprint density at radius 2 is 1.44 bits per heavy atom. The van der Waals surface area contributed by atoms with Crippen LogP contribution in [0.5, 0.6) is 0 Å². The second-order valence-corrected chi connectivity index (χ2v) is 6.85. The van der Waals surface area contributed by atoms with E-state index < -0.39 is 0 Å². The maximum Gasteiger partial charge on any atom is 0.0480 e. The first-order valence-electron chi connectivity index (χ1n) is 9.61. The smallest absolute Gasteiger partial charge is 0.0480 e. The highest BCUT2D eigenvalue weighted by Gasteiger charge is 2.04. The summed E-state index contributed by atoms with van der Waals surface area (Å²) in [7, 11) is 6.07. The van der Waals surface area contributed by atoms with Crippen molar-refractivity contribution in [1.29, 1.82) is 0 Å². The SMILES string of the molecule is CNCCc1c[nH]c2ccccc12.CNCCc1cn(C)c2ccccc12. The van der Waals surface area contributed by atoms with Crippen molar-refractivity contribution in [3.8, 4) is 0 Å². The fraction of sp³-hybridized carbons (Fsp3) is 0.304. The number of hydrogen-bond donors (Lipinski definition) is 3. The molecule has 3 N–H and O–H groups in total. The van der Waals surface area contributed by atoms with E-state index in [-0.39, 0.29) is 0 Å². The molecule has 142 valence electrons. The molecule has 4 rings (SSSR count). The molecule has 27 heavy (non-hydrogen) atoms. The van der Waals surface area contributed by atoms with E-state index in [1.165, 1.54) is 32.9 Å². The fourth-order valence-electron chi connectivity index (χ4n) is 3.48. The zero-order valence-electron chi connectivity index (χ0n) is 16.5. The lowest BCUT2D eigenvalue weighted by molar-refractivity contribution is 0.791. The Labute approximate surface area is 161 Å². The summed E-state index contributed by atoms with van der Waals surface area (Å²) in [5.74, 6) is 0. The molecular weight excluding hydrogens is 332 g/mol. The Balaban J connectivity index is 0.000000156. The molecule has 0 saturated heterocycles. The van der Waals surface area contributed by atoms with Gasteiger partial charge in [-0.1, -0.05) is 36.4 Å². The first-order valence-corrected chi connectivity index (χ1v) is 9.61. The number of rotatable bonds is 6. The molecule has 0 fully saturated rings. The highest BCUT2D eigenvalue weighted by Crippen LogP contribution is 2.20. The number of para-hydroxylation sites is 2. The van der Waals surface area contributed by atoms with Crippen LogP contribution in [-0.2, 0) is 19.9 Å². The van der Waals surface area contributed by atoms with Crippen molar-refractivity contribution in [3.05, 3.63) is 72.1 Å². The molecule has 2 aromatic heterocycles. The number of aromatic nitrogens is 2. The largest absolute Gasteiger partial charge is 0.361 e. The maximum atomic E-state index is 3.27. The molecule has 0 radical (unpaired) electrons. The second kappa shape index (κ2) is 9.40. The van der Waals surface area contributed by atoms with Crippen molar-refractivity contribution < 1.29 is 0 Å². The van der Waals surface area contributed by atoms with Crippen molar-refractivity contribution >= 4 is 21.8 Å². The van der Waals surface area contributed by atoms with Crippen molar-refractivity contribution in [2.75, 3.05) is 27.2 Å². The Hall–Kier alpha value is -2.56. The molecule has 0 unspecified atom stereocenters. The zero-order chi connectivity index (χ0) is 19.1. The number of aromatic amines is 1. The summed E-state index contributed by atoms with van der Waals surface area (Å²) in [4.78, 5) is 3.27. The quantitative estimate of drug-likeness (QED) is 0.487. The van der Waals surface area contributed by atoms with Crippen LogP contribution in [0, 0.1) is 0 Å². The third-order valence-electron chi connectivity index (χ3n) is 4.94. The summed E-state index contributed by atoms with van der Waals surface area (Å²) in [6, 6.07) is 17.0. The van der Waals surface area contributed by atoms with E-state index in [2.05, 4.69) is 88.2 Å². The molecule has 0 aliphatic carbocycles. The third-order valence-corrected chi connectivity index (χ3v) is 4.94. The normalized spacial score (nSPS) is 10.9. The van der Waals surface area contributed by atoms with Crippen LogP contribution in [0.2, 0.25) is 0 Å². The van der Waals surface area contributed by atoms with Crippen LogP contribution in [0.3, 0.4) is 0 Å². The summed E-state index contributed by atoms with van der Waals surface area (Å²) >= 11 is 0. The minimum absolute atomic E-state index is 1.03. The maximum absolute atomic E-state index is 3.27. The van der Waals surface area contributed by atoms with Gasteiger partial charge < -0.3 is 20.2 Å². The van der Waals surface area contributed by atoms with Crippen LogP contribution in [0.4, 0.5) is 0 Å². The van der Waals surface area contributed by atoms with Gasteiger partial charge in [0.15, 0.2) is 0 Å². The molecular formula is C23H30N4. The van der Waals surface area contributed by atoms with Gasteiger partial charge in [-0.25, -0.2) is 0 Å². The summed E-state index contributed by atoms with van der Waals surface area (Å²) in [5.41, 5.74) is 5.37. The molecule has 4 aromatic rings. The average molecular weight is 363 g/mol. The van der Waals surface area contributed by atoms with E-state index >= 15 is 0 Å². The summed E-state index contributed by atoms with van der Waals surface area (Å²) in [6.07, 6.45) is 6.50. The predicted molar refractivity (Wildman–Crippen MR) is 116 cm³/mol. The van der Waals surface area contributed by atoms with E-state index in [0.717, 1.165) is 25.9 Å². The number of aryl methyl sites for hydroxylation is 1. The van der Waals surface area contributed by atoms with Crippen LogP contribution < -0.4 is 10.6 Å². The van der Waals surface area contributed by atoms with Gasteiger partial charge in [0.05, 0.1) is 0 Å². The molecule has 0 amide bonds. The molecule has 0 aliphatic rings. The standard InChI is InChI=1S/C12H16N2.C11H14N2/c1-13-8-7-10-9-14(2)12-6-4-3-5-11(10)12;1-12-7-6-9-8-13-11-5-3-2-4-10(9)11/h3-6,9,13H,7-8H2,1-2H3;2-5,8,12-13H,6-7H2,1H3. The number of benzene rings is 2. The van der Waals surface area contributed by atoms with Gasteiger partial charge in [-0.2, -0.15) is 0 Å². The molecule has 2 aromatic carbocycles. The monoisotopic (exact) mass is 362 g/mol. The lowest BCUT2D eigenvalue weighted by Crippen LogP contribution is -2.09. The molecule has 2 heterocycles. The second-order valence-electron chi connectivity index (χ2n) is 6.85. The van der Waals surface area contributed by atoms with Gasteiger partial charge in [-0.05, 0) is 63.3 Å². The van der Waals surface area contributed by atoms with Gasteiger partial charge >= 0.3 is 0 Å².